The average molecular weight is 377 g/mol. The molecule has 0 amide bonds. The van der Waals surface area contributed by atoms with Crippen LogP contribution < -0.4 is 4.74 Å². The maximum Gasteiger partial charge on any atom is 0.194 e. The highest BCUT2D eigenvalue weighted by Gasteiger charge is 2.13. The Morgan fingerprint density at radius 1 is 1.41 bits per heavy atom. The Kier molecular flexibility index (Phi) is 4.40. The molecule has 6 heteroatoms. The third-order valence-corrected chi connectivity index (χ3v) is 4.45. The number of halogens is 1. The zero-order chi connectivity index (χ0) is 15.5. The minimum Gasteiger partial charge on any atom is -0.493 e. The molecule has 0 radical (unpaired) electrons. The third-order valence-electron chi connectivity index (χ3n) is 3.12. The van der Waals surface area contributed by atoms with Crippen molar-refractivity contribution in [3.05, 3.63) is 52.1 Å². The number of ether oxygens (including phenoxy) is 1. The Hall–Kier alpha value is -1.92. The van der Waals surface area contributed by atoms with Gasteiger partial charge in [0.1, 0.15) is 5.75 Å². The molecule has 0 saturated heterocycles. The summed E-state index contributed by atoms with van der Waals surface area (Å²) in [6, 6.07) is 9.45. The number of benzene rings is 1. The van der Waals surface area contributed by atoms with Crippen LogP contribution in [0.4, 0.5) is 0 Å². The van der Waals surface area contributed by atoms with Gasteiger partial charge in [-0.3, -0.25) is 9.36 Å². The van der Waals surface area contributed by atoms with Crippen LogP contribution in [0.15, 0.2) is 46.4 Å². The lowest BCUT2D eigenvalue weighted by Gasteiger charge is -2.08. The Labute approximate surface area is 140 Å². The number of hydrogen-bond donors (Lipinski definition) is 0. The van der Waals surface area contributed by atoms with Crippen molar-refractivity contribution in [1.82, 2.24) is 9.55 Å². The molecule has 1 aromatic carbocycles. The van der Waals surface area contributed by atoms with Crippen molar-refractivity contribution >= 4 is 33.6 Å². The highest BCUT2D eigenvalue weighted by Crippen LogP contribution is 2.34. The van der Waals surface area contributed by atoms with Crippen LogP contribution in [-0.2, 0) is 0 Å². The van der Waals surface area contributed by atoms with E-state index in [1.54, 1.807) is 10.6 Å². The molecule has 0 spiro atoms. The van der Waals surface area contributed by atoms with Crippen LogP contribution in [0, 0.1) is 0 Å². The second-order valence-electron chi connectivity index (χ2n) is 4.51. The number of aldehydes is 1. The van der Waals surface area contributed by atoms with E-state index in [9.17, 15) is 4.79 Å². The fourth-order valence-electron chi connectivity index (χ4n) is 2.15. The standard InChI is InChI=1S/C16H13BrN2O2S/c1-2-21-15-6-5-11(17)8-13(15)14-10-22-16(18-14)19-7-3-4-12(19)9-20/h3-10H,2H2,1H3. The number of thiazole rings is 1. The quantitative estimate of drug-likeness (QED) is 0.612. The molecule has 3 aromatic rings. The van der Waals surface area contributed by atoms with E-state index in [-0.39, 0.29) is 0 Å². The van der Waals surface area contributed by atoms with E-state index in [0.29, 0.717) is 12.3 Å². The summed E-state index contributed by atoms with van der Waals surface area (Å²) in [5.41, 5.74) is 2.34. The van der Waals surface area contributed by atoms with Gasteiger partial charge in [-0.05, 0) is 37.3 Å². The van der Waals surface area contributed by atoms with Crippen LogP contribution >= 0.6 is 27.3 Å². The summed E-state index contributed by atoms with van der Waals surface area (Å²) in [5.74, 6) is 0.797. The van der Waals surface area contributed by atoms with Gasteiger partial charge in [-0.15, -0.1) is 11.3 Å². The van der Waals surface area contributed by atoms with Crippen molar-refractivity contribution in [2.75, 3.05) is 6.61 Å². The van der Waals surface area contributed by atoms with Gasteiger partial charge in [0.15, 0.2) is 11.4 Å². The Morgan fingerprint density at radius 2 is 2.27 bits per heavy atom. The van der Waals surface area contributed by atoms with E-state index in [0.717, 1.165) is 32.9 Å². The predicted octanol–water partition coefficient (Wildman–Crippen LogP) is 4.57. The van der Waals surface area contributed by atoms with Crippen molar-refractivity contribution in [1.29, 1.82) is 0 Å². The first-order valence-electron chi connectivity index (χ1n) is 6.74. The van der Waals surface area contributed by atoms with Crippen molar-refractivity contribution in [2.45, 2.75) is 6.92 Å². The molecule has 0 saturated carbocycles. The lowest BCUT2D eigenvalue weighted by molar-refractivity contribution is 0.111. The first-order valence-corrected chi connectivity index (χ1v) is 8.41. The summed E-state index contributed by atoms with van der Waals surface area (Å²) in [4.78, 5) is 15.7. The van der Waals surface area contributed by atoms with Gasteiger partial charge in [0.25, 0.3) is 0 Å². The monoisotopic (exact) mass is 376 g/mol. The molecule has 0 aliphatic heterocycles. The minimum absolute atomic E-state index is 0.583. The fraction of sp³-hybridized carbons (Fsp3) is 0.125. The predicted molar refractivity (Wildman–Crippen MR) is 91.1 cm³/mol. The topological polar surface area (TPSA) is 44.1 Å². The molecule has 0 N–H and O–H groups in total. The van der Waals surface area contributed by atoms with Crippen molar-refractivity contribution in [3.8, 4) is 22.1 Å². The fourth-order valence-corrected chi connectivity index (χ4v) is 3.34. The molecule has 2 aromatic heterocycles. The van der Waals surface area contributed by atoms with Gasteiger partial charge in [0.05, 0.1) is 18.0 Å². The van der Waals surface area contributed by atoms with Crippen LogP contribution in [0.5, 0.6) is 5.75 Å². The molecule has 0 unspecified atom stereocenters. The maximum absolute atomic E-state index is 11.1. The Bertz CT molecular complexity index is 810. The van der Waals surface area contributed by atoms with E-state index < -0.39 is 0 Å². The second-order valence-corrected chi connectivity index (χ2v) is 6.26. The van der Waals surface area contributed by atoms with Gasteiger partial charge < -0.3 is 4.74 Å². The number of rotatable bonds is 5. The van der Waals surface area contributed by atoms with Crippen LogP contribution in [0.2, 0.25) is 0 Å². The van der Waals surface area contributed by atoms with Gasteiger partial charge >= 0.3 is 0 Å². The SMILES string of the molecule is CCOc1ccc(Br)cc1-c1csc(-n2cccc2C=O)n1. The van der Waals surface area contributed by atoms with Gasteiger partial charge in [0, 0.05) is 21.6 Å². The second kappa shape index (κ2) is 6.46. The number of carbonyl (C=O) groups excluding carboxylic acids is 1. The minimum atomic E-state index is 0.583. The average Bonchev–Trinajstić information content (AvgIpc) is 3.17. The van der Waals surface area contributed by atoms with E-state index in [1.807, 2.05) is 42.8 Å². The lowest BCUT2D eigenvalue weighted by atomic mass is 10.1. The molecule has 2 heterocycles. The van der Waals surface area contributed by atoms with E-state index >= 15 is 0 Å². The van der Waals surface area contributed by atoms with Gasteiger partial charge in [-0.25, -0.2) is 4.98 Å². The largest absolute Gasteiger partial charge is 0.493 e. The summed E-state index contributed by atoms with van der Waals surface area (Å²) >= 11 is 4.97. The van der Waals surface area contributed by atoms with Gasteiger partial charge in [-0.1, -0.05) is 15.9 Å². The van der Waals surface area contributed by atoms with E-state index in [4.69, 9.17) is 4.74 Å². The molecule has 4 nitrogen and oxygen atoms in total. The molecule has 0 aliphatic carbocycles. The number of nitrogens with zero attached hydrogens (tertiary/aromatic N) is 2. The zero-order valence-electron chi connectivity index (χ0n) is 11.8. The summed E-state index contributed by atoms with van der Waals surface area (Å²) < 4.78 is 8.42. The first-order chi connectivity index (χ1) is 10.7. The summed E-state index contributed by atoms with van der Waals surface area (Å²) in [6.45, 7) is 2.55. The molecular formula is C16H13BrN2O2S. The zero-order valence-corrected chi connectivity index (χ0v) is 14.2. The van der Waals surface area contributed by atoms with Crippen LogP contribution in [-0.4, -0.2) is 22.4 Å². The van der Waals surface area contributed by atoms with Crippen LogP contribution in [0.1, 0.15) is 17.4 Å². The van der Waals surface area contributed by atoms with Crippen LogP contribution in [0.25, 0.3) is 16.4 Å². The third kappa shape index (κ3) is 2.84. The van der Waals surface area contributed by atoms with E-state index in [1.165, 1.54) is 11.3 Å². The lowest BCUT2D eigenvalue weighted by Crippen LogP contribution is -1.97. The maximum atomic E-state index is 11.1. The molecular weight excluding hydrogens is 364 g/mol. The highest BCUT2D eigenvalue weighted by atomic mass is 79.9. The van der Waals surface area contributed by atoms with Gasteiger partial charge in [-0.2, -0.15) is 0 Å². The molecule has 22 heavy (non-hydrogen) atoms. The molecule has 3 rings (SSSR count). The smallest absolute Gasteiger partial charge is 0.194 e. The summed E-state index contributed by atoms with van der Waals surface area (Å²) in [7, 11) is 0. The van der Waals surface area contributed by atoms with Crippen molar-refractivity contribution in [3.63, 3.8) is 0 Å². The first kappa shape index (κ1) is 15.0. The molecule has 0 fully saturated rings. The highest BCUT2D eigenvalue weighted by molar-refractivity contribution is 9.10. The number of aromatic nitrogens is 2. The summed E-state index contributed by atoms with van der Waals surface area (Å²) in [5, 5.41) is 2.72. The summed E-state index contributed by atoms with van der Waals surface area (Å²) in [6.07, 6.45) is 2.66. The molecule has 0 aliphatic rings. The number of hydrogen-bond acceptors (Lipinski definition) is 4. The van der Waals surface area contributed by atoms with Crippen molar-refractivity contribution in [2.24, 2.45) is 0 Å². The molecule has 0 bridgehead atoms. The Balaban J connectivity index is 2.04. The van der Waals surface area contributed by atoms with E-state index in [2.05, 4.69) is 20.9 Å². The molecule has 112 valence electrons. The molecule has 0 atom stereocenters. The van der Waals surface area contributed by atoms with Gasteiger partial charge in [0.2, 0.25) is 0 Å². The number of carbonyl (C=O) groups is 1. The van der Waals surface area contributed by atoms with Crippen molar-refractivity contribution < 1.29 is 9.53 Å². The Morgan fingerprint density at radius 3 is 3.05 bits per heavy atom. The van der Waals surface area contributed by atoms with Crippen LogP contribution in [0.3, 0.4) is 0 Å². The normalized spacial score (nSPS) is 10.6.